The summed E-state index contributed by atoms with van der Waals surface area (Å²) in [7, 11) is 0. The lowest BCUT2D eigenvalue weighted by atomic mass is 9.98. The lowest BCUT2D eigenvalue weighted by Gasteiger charge is -2.32. The second-order valence-electron chi connectivity index (χ2n) is 8.39. The third kappa shape index (κ3) is 5.66. The molecule has 0 fully saturated rings. The summed E-state index contributed by atoms with van der Waals surface area (Å²) in [6.45, 7) is 9.14. The van der Waals surface area contributed by atoms with Crippen LogP contribution in [0.25, 0.3) is 0 Å². The van der Waals surface area contributed by atoms with Gasteiger partial charge in [0.05, 0.1) is 10.4 Å². The van der Waals surface area contributed by atoms with Crippen molar-refractivity contribution >= 4 is 34.5 Å². The Morgan fingerprint density at radius 3 is 2.53 bits per heavy atom. The van der Waals surface area contributed by atoms with Gasteiger partial charge in [0.25, 0.3) is 11.8 Å². The van der Waals surface area contributed by atoms with Gasteiger partial charge in [-0.05, 0) is 60.3 Å². The number of fused-ring (bicyclic) bond motifs is 1. The van der Waals surface area contributed by atoms with Gasteiger partial charge in [-0.15, -0.1) is 11.3 Å². The van der Waals surface area contributed by atoms with Crippen molar-refractivity contribution in [2.75, 3.05) is 42.9 Å². The van der Waals surface area contributed by atoms with E-state index in [4.69, 9.17) is 0 Å². The molecule has 2 aromatic carbocycles. The number of nitrogens with zero attached hydrogens (tertiary/aromatic N) is 2. The van der Waals surface area contributed by atoms with Gasteiger partial charge < -0.3 is 20.4 Å². The summed E-state index contributed by atoms with van der Waals surface area (Å²) in [6, 6.07) is 17.8. The molecule has 0 unspecified atom stereocenters. The smallest absolute Gasteiger partial charge is 0.265 e. The first-order valence-corrected chi connectivity index (χ1v) is 12.8. The van der Waals surface area contributed by atoms with Gasteiger partial charge in [-0.2, -0.15) is 0 Å². The molecule has 7 heteroatoms. The van der Waals surface area contributed by atoms with Gasteiger partial charge in [0.1, 0.15) is 0 Å². The number of anilines is 2. The van der Waals surface area contributed by atoms with Crippen molar-refractivity contribution in [3.05, 3.63) is 81.5 Å². The summed E-state index contributed by atoms with van der Waals surface area (Å²) in [5.74, 6) is -0.282. The average molecular weight is 477 g/mol. The SMILES string of the molecule is CCN(CC)CCNC(=O)c1cc(NC(=O)c2cccs2)ccc1N1CCc2ccccc2C1. The van der Waals surface area contributed by atoms with E-state index >= 15 is 0 Å². The number of hydrogen-bond donors (Lipinski definition) is 2. The van der Waals surface area contributed by atoms with E-state index in [0.29, 0.717) is 22.7 Å². The van der Waals surface area contributed by atoms with Gasteiger partial charge >= 0.3 is 0 Å². The molecule has 2 heterocycles. The van der Waals surface area contributed by atoms with Gasteiger partial charge in [0, 0.05) is 37.6 Å². The van der Waals surface area contributed by atoms with Crippen LogP contribution in [0.3, 0.4) is 0 Å². The van der Waals surface area contributed by atoms with Crippen molar-refractivity contribution in [3.63, 3.8) is 0 Å². The van der Waals surface area contributed by atoms with Crippen molar-refractivity contribution in [2.45, 2.75) is 26.8 Å². The van der Waals surface area contributed by atoms with E-state index in [1.807, 2.05) is 23.6 Å². The molecule has 0 spiro atoms. The number of hydrogen-bond acceptors (Lipinski definition) is 5. The van der Waals surface area contributed by atoms with Crippen LogP contribution >= 0.6 is 11.3 Å². The van der Waals surface area contributed by atoms with Crippen molar-refractivity contribution in [3.8, 4) is 0 Å². The number of carbonyl (C=O) groups is 2. The highest BCUT2D eigenvalue weighted by molar-refractivity contribution is 7.12. The summed E-state index contributed by atoms with van der Waals surface area (Å²) in [6.07, 6.45) is 0.941. The van der Waals surface area contributed by atoms with E-state index in [2.05, 4.69) is 58.5 Å². The van der Waals surface area contributed by atoms with E-state index < -0.39 is 0 Å². The molecule has 1 aliphatic heterocycles. The van der Waals surface area contributed by atoms with Gasteiger partial charge in [-0.1, -0.05) is 44.2 Å². The van der Waals surface area contributed by atoms with Crippen LogP contribution in [0.2, 0.25) is 0 Å². The predicted octanol–water partition coefficient (Wildman–Crippen LogP) is 4.63. The topological polar surface area (TPSA) is 64.7 Å². The molecule has 3 aromatic rings. The number of benzene rings is 2. The van der Waals surface area contributed by atoms with Crippen molar-refractivity contribution in [2.24, 2.45) is 0 Å². The molecule has 0 saturated heterocycles. The fraction of sp³-hybridized carbons (Fsp3) is 0.333. The first kappa shape index (κ1) is 24.0. The van der Waals surface area contributed by atoms with Crippen LogP contribution in [0.5, 0.6) is 0 Å². The minimum absolute atomic E-state index is 0.117. The fourth-order valence-electron chi connectivity index (χ4n) is 4.34. The van der Waals surface area contributed by atoms with E-state index in [9.17, 15) is 9.59 Å². The molecular weight excluding hydrogens is 444 g/mol. The Morgan fingerprint density at radius 2 is 1.79 bits per heavy atom. The second-order valence-corrected chi connectivity index (χ2v) is 9.33. The predicted molar refractivity (Wildman–Crippen MR) is 140 cm³/mol. The molecule has 1 aromatic heterocycles. The Balaban J connectivity index is 1.57. The molecule has 178 valence electrons. The minimum atomic E-state index is -0.164. The molecular formula is C27H32N4O2S. The number of nitrogens with one attached hydrogen (secondary N) is 2. The number of likely N-dealkylation sites (N-methyl/N-ethyl adjacent to an activating group) is 1. The zero-order valence-electron chi connectivity index (χ0n) is 19.8. The van der Waals surface area contributed by atoms with Crippen molar-refractivity contribution < 1.29 is 9.59 Å². The van der Waals surface area contributed by atoms with Gasteiger partial charge in [0.15, 0.2) is 0 Å². The van der Waals surface area contributed by atoms with Gasteiger partial charge in [0.2, 0.25) is 0 Å². The quantitative estimate of drug-likeness (QED) is 0.472. The van der Waals surface area contributed by atoms with Gasteiger partial charge in [-0.25, -0.2) is 0 Å². The summed E-state index contributed by atoms with van der Waals surface area (Å²) >= 11 is 1.39. The van der Waals surface area contributed by atoms with E-state index in [1.165, 1.54) is 22.5 Å². The van der Waals surface area contributed by atoms with Crippen LogP contribution in [0.15, 0.2) is 60.0 Å². The van der Waals surface area contributed by atoms with E-state index in [1.54, 1.807) is 12.1 Å². The standard InChI is InChI=1S/C27H32N4O2S/c1-3-30(4-2)16-14-28-26(32)23-18-22(29-27(33)25-10-7-17-34-25)11-12-24(23)31-15-13-20-8-5-6-9-21(20)19-31/h5-12,17-18H,3-4,13-16,19H2,1-2H3,(H,28,32)(H,29,33). The molecule has 6 nitrogen and oxygen atoms in total. The number of carbonyl (C=O) groups excluding carboxylic acids is 2. The molecule has 2 amide bonds. The maximum absolute atomic E-state index is 13.3. The van der Waals surface area contributed by atoms with Crippen LogP contribution in [0, 0.1) is 0 Å². The molecule has 1 aliphatic rings. The maximum atomic E-state index is 13.3. The lowest BCUT2D eigenvalue weighted by molar-refractivity contribution is 0.0948. The third-order valence-electron chi connectivity index (χ3n) is 6.32. The molecule has 0 saturated carbocycles. The lowest BCUT2D eigenvalue weighted by Crippen LogP contribution is -2.36. The molecule has 4 rings (SSSR count). The maximum Gasteiger partial charge on any atom is 0.265 e. The Morgan fingerprint density at radius 1 is 1.00 bits per heavy atom. The molecule has 0 atom stereocenters. The molecule has 0 radical (unpaired) electrons. The monoisotopic (exact) mass is 476 g/mol. The third-order valence-corrected chi connectivity index (χ3v) is 7.19. The average Bonchev–Trinajstić information content (AvgIpc) is 3.41. The minimum Gasteiger partial charge on any atom is -0.366 e. The summed E-state index contributed by atoms with van der Waals surface area (Å²) < 4.78 is 0. The van der Waals surface area contributed by atoms with Crippen LogP contribution < -0.4 is 15.5 Å². The Hall–Kier alpha value is -3.16. The normalized spacial score (nSPS) is 13.0. The molecule has 34 heavy (non-hydrogen) atoms. The Bertz CT molecular complexity index is 1130. The van der Waals surface area contributed by atoms with E-state index in [0.717, 1.165) is 44.8 Å². The number of rotatable bonds is 9. The Labute approximate surface area is 205 Å². The van der Waals surface area contributed by atoms with Crippen molar-refractivity contribution in [1.29, 1.82) is 0 Å². The summed E-state index contributed by atoms with van der Waals surface area (Å²) in [5, 5.41) is 7.91. The first-order chi connectivity index (χ1) is 16.6. The van der Waals surface area contributed by atoms with E-state index in [-0.39, 0.29) is 11.8 Å². The summed E-state index contributed by atoms with van der Waals surface area (Å²) in [5.41, 5.74) is 4.75. The first-order valence-electron chi connectivity index (χ1n) is 11.9. The molecule has 2 N–H and O–H groups in total. The van der Waals surface area contributed by atoms with Crippen LogP contribution in [-0.2, 0) is 13.0 Å². The largest absolute Gasteiger partial charge is 0.366 e. The highest BCUT2D eigenvalue weighted by Gasteiger charge is 2.22. The summed E-state index contributed by atoms with van der Waals surface area (Å²) in [4.78, 5) is 31.1. The fourth-order valence-corrected chi connectivity index (χ4v) is 4.95. The van der Waals surface area contributed by atoms with Gasteiger partial charge in [-0.3, -0.25) is 9.59 Å². The van der Waals surface area contributed by atoms with Crippen LogP contribution in [0.4, 0.5) is 11.4 Å². The Kier molecular flexibility index (Phi) is 7.98. The number of thiophene rings is 1. The van der Waals surface area contributed by atoms with Crippen molar-refractivity contribution in [1.82, 2.24) is 10.2 Å². The second kappa shape index (κ2) is 11.3. The van der Waals surface area contributed by atoms with Crippen LogP contribution in [-0.4, -0.2) is 49.4 Å². The zero-order chi connectivity index (χ0) is 23.9. The highest BCUT2D eigenvalue weighted by atomic mass is 32.1. The highest BCUT2D eigenvalue weighted by Crippen LogP contribution is 2.30. The number of amides is 2. The zero-order valence-corrected chi connectivity index (χ0v) is 20.7. The van der Waals surface area contributed by atoms with Crippen LogP contribution in [0.1, 0.15) is 45.0 Å². The molecule has 0 bridgehead atoms. The molecule has 0 aliphatic carbocycles.